The highest BCUT2D eigenvalue weighted by Crippen LogP contribution is 2.26. The summed E-state index contributed by atoms with van der Waals surface area (Å²) >= 11 is 0. The predicted octanol–water partition coefficient (Wildman–Crippen LogP) is 0.385. The molecule has 4 heterocycles. The van der Waals surface area contributed by atoms with E-state index in [9.17, 15) is 0 Å². The van der Waals surface area contributed by atoms with Gasteiger partial charge in [0.2, 0.25) is 0 Å². The fraction of sp³-hybridized carbons (Fsp3) is 0.636. The number of aromatic nitrogens is 2. The Morgan fingerprint density at radius 3 is 3.00 bits per heavy atom. The lowest BCUT2D eigenvalue weighted by atomic mass is 10.1. The minimum absolute atomic E-state index is 0.414. The van der Waals surface area contributed by atoms with Gasteiger partial charge < -0.3 is 5.32 Å². The summed E-state index contributed by atoms with van der Waals surface area (Å²) in [5.41, 5.74) is 1.10. The molecule has 1 aromatic heterocycles. The molecule has 3 fully saturated rings. The molecule has 0 saturated carbocycles. The van der Waals surface area contributed by atoms with Gasteiger partial charge in [0.25, 0.3) is 0 Å². The molecule has 1 N–H and O–H groups in total. The lowest BCUT2D eigenvalue weighted by Gasteiger charge is -2.30. The molecule has 1 aromatic rings. The van der Waals surface area contributed by atoms with Gasteiger partial charge in [-0.25, -0.2) is 9.97 Å². The second kappa shape index (κ2) is 3.87. The summed E-state index contributed by atoms with van der Waals surface area (Å²) in [7, 11) is 0. The summed E-state index contributed by atoms with van der Waals surface area (Å²) < 4.78 is 0. The number of nitrogens with zero attached hydrogens (tertiary/aromatic N) is 3. The van der Waals surface area contributed by atoms with Crippen molar-refractivity contribution in [3.63, 3.8) is 0 Å². The Hall–Kier alpha value is -1.00. The quantitative estimate of drug-likeness (QED) is 0.716. The molecule has 79 valence electrons. The predicted molar refractivity (Wildman–Crippen MR) is 56.2 cm³/mol. The highest BCUT2D eigenvalue weighted by Gasteiger charge is 2.31. The lowest BCUT2D eigenvalue weighted by molar-refractivity contribution is 0.186. The third kappa shape index (κ3) is 1.75. The molecule has 2 bridgehead atoms. The molecular formula is C11H15N4. The van der Waals surface area contributed by atoms with Gasteiger partial charge >= 0.3 is 0 Å². The van der Waals surface area contributed by atoms with E-state index in [-0.39, 0.29) is 0 Å². The molecule has 3 aliphatic rings. The second-order valence-corrected chi connectivity index (χ2v) is 4.32. The monoisotopic (exact) mass is 203 g/mol. The van der Waals surface area contributed by atoms with E-state index in [1.165, 1.54) is 25.9 Å². The van der Waals surface area contributed by atoms with Crippen LogP contribution < -0.4 is 5.32 Å². The van der Waals surface area contributed by atoms with Gasteiger partial charge in [0, 0.05) is 31.9 Å². The molecule has 1 radical (unpaired) electrons. The summed E-state index contributed by atoms with van der Waals surface area (Å²) in [6, 6.07) is 3.13. The highest BCUT2D eigenvalue weighted by molar-refractivity contribution is 5.08. The van der Waals surface area contributed by atoms with Crippen LogP contribution in [0.15, 0.2) is 12.3 Å². The van der Waals surface area contributed by atoms with E-state index in [0.717, 1.165) is 18.3 Å². The van der Waals surface area contributed by atoms with Crippen LogP contribution in [0.2, 0.25) is 0 Å². The van der Waals surface area contributed by atoms with Gasteiger partial charge in [0.15, 0.2) is 6.33 Å². The molecule has 4 nitrogen and oxygen atoms in total. The highest BCUT2D eigenvalue weighted by atomic mass is 15.2. The number of hydrogen-bond acceptors (Lipinski definition) is 4. The largest absolute Gasteiger partial charge is 0.312 e. The molecule has 0 aliphatic carbocycles. The van der Waals surface area contributed by atoms with Gasteiger partial charge in [-0.3, -0.25) is 4.90 Å². The van der Waals surface area contributed by atoms with Crippen molar-refractivity contribution in [3.05, 3.63) is 24.3 Å². The molecule has 4 rings (SSSR count). The van der Waals surface area contributed by atoms with E-state index in [2.05, 4.69) is 26.5 Å². The van der Waals surface area contributed by atoms with E-state index in [1.54, 1.807) is 6.20 Å². The van der Waals surface area contributed by atoms with Crippen molar-refractivity contribution in [1.82, 2.24) is 20.2 Å². The number of nitrogens with one attached hydrogen (secondary N) is 1. The maximum absolute atomic E-state index is 4.24. The zero-order chi connectivity index (χ0) is 10.1. The third-order valence-electron chi connectivity index (χ3n) is 3.47. The van der Waals surface area contributed by atoms with Crippen LogP contribution in [0.3, 0.4) is 0 Å². The van der Waals surface area contributed by atoms with Crippen LogP contribution in [-0.2, 0) is 0 Å². The molecule has 3 aliphatic heterocycles. The number of rotatable bonds is 1. The lowest BCUT2D eigenvalue weighted by Crippen LogP contribution is -2.35. The van der Waals surface area contributed by atoms with Crippen LogP contribution in [0.25, 0.3) is 0 Å². The van der Waals surface area contributed by atoms with Gasteiger partial charge in [-0.2, -0.15) is 0 Å². The summed E-state index contributed by atoms with van der Waals surface area (Å²) in [6.07, 6.45) is 7.00. The van der Waals surface area contributed by atoms with Crippen molar-refractivity contribution in [2.45, 2.75) is 24.9 Å². The molecule has 0 spiro atoms. The Morgan fingerprint density at radius 2 is 2.27 bits per heavy atom. The Balaban J connectivity index is 1.86. The minimum Gasteiger partial charge on any atom is -0.312 e. The first kappa shape index (κ1) is 9.24. The number of piperidine rings is 1. The van der Waals surface area contributed by atoms with E-state index < -0.39 is 0 Å². The van der Waals surface area contributed by atoms with Crippen LogP contribution in [-0.4, -0.2) is 40.5 Å². The molecule has 15 heavy (non-hydrogen) atoms. The van der Waals surface area contributed by atoms with Crippen LogP contribution in [0.5, 0.6) is 0 Å². The van der Waals surface area contributed by atoms with Crippen LogP contribution in [0, 0.1) is 6.33 Å². The Bertz CT molecular complexity index is 319. The van der Waals surface area contributed by atoms with Gasteiger partial charge in [-0.15, -0.1) is 0 Å². The van der Waals surface area contributed by atoms with Crippen molar-refractivity contribution >= 4 is 0 Å². The van der Waals surface area contributed by atoms with Crippen LogP contribution in [0.1, 0.15) is 24.6 Å². The van der Waals surface area contributed by atoms with Crippen LogP contribution >= 0.6 is 0 Å². The first-order valence-electron chi connectivity index (χ1n) is 5.60. The average Bonchev–Trinajstić information content (AvgIpc) is 2.63. The topological polar surface area (TPSA) is 41.1 Å². The molecule has 0 amide bonds. The van der Waals surface area contributed by atoms with Crippen molar-refractivity contribution in [2.24, 2.45) is 0 Å². The number of hydrogen-bond donors (Lipinski definition) is 1. The van der Waals surface area contributed by atoms with Crippen molar-refractivity contribution in [2.75, 3.05) is 19.6 Å². The summed E-state index contributed by atoms with van der Waals surface area (Å²) in [5, 5.41) is 3.61. The Kier molecular flexibility index (Phi) is 2.38. The van der Waals surface area contributed by atoms with E-state index >= 15 is 0 Å². The normalized spacial score (nSPS) is 35.1. The smallest absolute Gasteiger partial charge is 0.197 e. The molecular weight excluding hydrogens is 188 g/mol. The van der Waals surface area contributed by atoms with E-state index in [1.807, 2.05) is 6.07 Å². The fourth-order valence-corrected chi connectivity index (χ4v) is 2.57. The molecule has 4 heteroatoms. The Labute approximate surface area is 89.7 Å². The van der Waals surface area contributed by atoms with Crippen molar-refractivity contribution in [1.29, 1.82) is 0 Å². The third-order valence-corrected chi connectivity index (χ3v) is 3.47. The molecule has 3 saturated heterocycles. The van der Waals surface area contributed by atoms with Gasteiger partial charge in [0.05, 0.1) is 11.7 Å². The SMILES string of the molecule is [c]1nccc(C2CNC3CCN2CC3)n1. The van der Waals surface area contributed by atoms with Crippen LogP contribution in [0.4, 0.5) is 0 Å². The average molecular weight is 203 g/mol. The van der Waals surface area contributed by atoms with Gasteiger partial charge in [0.1, 0.15) is 0 Å². The molecule has 1 unspecified atom stereocenters. The zero-order valence-corrected chi connectivity index (χ0v) is 8.69. The molecule has 0 aromatic carbocycles. The Morgan fingerprint density at radius 1 is 1.40 bits per heavy atom. The van der Waals surface area contributed by atoms with Crippen molar-refractivity contribution < 1.29 is 0 Å². The van der Waals surface area contributed by atoms with Gasteiger partial charge in [-0.05, 0) is 18.9 Å². The molecule has 1 atom stereocenters. The first-order chi connectivity index (χ1) is 7.43. The minimum atomic E-state index is 0.414. The standard InChI is InChI=1S/C11H15N4/c1-4-12-8-14-10(1)11-7-13-9-2-5-15(11)6-3-9/h1,4,9,11,13H,2-3,5-7H2. The zero-order valence-electron chi connectivity index (χ0n) is 8.69. The summed E-state index contributed by atoms with van der Waals surface area (Å²) in [5.74, 6) is 0. The van der Waals surface area contributed by atoms with Gasteiger partial charge in [-0.1, -0.05) is 0 Å². The second-order valence-electron chi connectivity index (χ2n) is 4.32. The van der Waals surface area contributed by atoms with E-state index in [0.29, 0.717) is 6.04 Å². The maximum atomic E-state index is 4.24. The fourth-order valence-electron chi connectivity index (χ4n) is 2.57. The van der Waals surface area contributed by atoms with E-state index in [4.69, 9.17) is 0 Å². The number of fused-ring (bicyclic) bond motifs is 4. The summed E-state index contributed by atoms with van der Waals surface area (Å²) in [6.45, 7) is 3.38. The maximum Gasteiger partial charge on any atom is 0.197 e. The van der Waals surface area contributed by atoms with Crippen molar-refractivity contribution in [3.8, 4) is 0 Å². The first-order valence-corrected chi connectivity index (χ1v) is 5.60. The summed E-state index contributed by atoms with van der Waals surface area (Å²) in [4.78, 5) is 10.6.